The highest BCUT2D eigenvalue weighted by atomic mass is 16.6. The SMILES string of the molecule is CC(C)(C)OC(=O)N1CC[C@H](c2ccccc2)[C@@H]1CO. The zero-order valence-corrected chi connectivity index (χ0v) is 12.4. The number of hydrogen-bond acceptors (Lipinski definition) is 3. The standard InChI is InChI=1S/C16H23NO3/c1-16(2,3)20-15(19)17-10-9-13(14(17)11-18)12-7-5-4-6-8-12/h4-8,13-14,18H,9-11H2,1-3H3/t13-,14+/m1/s1. The number of benzene rings is 1. The summed E-state index contributed by atoms with van der Waals surface area (Å²) in [7, 11) is 0. The third-order valence-corrected chi connectivity index (χ3v) is 3.59. The van der Waals surface area contributed by atoms with Crippen LogP contribution < -0.4 is 0 Å². The predicted molar refractivity (Wildman–Crippen MR) is 77.6 cm³/mol. The van der Waals surface area contributed by atoms with Gasteiger partial charge in [0, 0.05) is 12.5 Å². The molecule has 1 aliphatic heterocycles. The Balaban J connectivity index is 2.12. The van der Waals surface area contributed by atoms with Gasteiger partial charge in [-0.05, 0) is 32.8 Å². The second kappa shape index (κ2) is 5.83. The second-order valence-electron chi connectivity index (χ2n) is 6.23. The lowest BCUT2D eigenvalue weighted by Gasteiger charge is -2.29. The highest BCUT2D eigenvalue weighted by Gasteiger charge is 2.39. The Kier molecular flexibility index (Phi) is 4.33. The first-order chi connectivity index (χ1) is 9.42. The molecule has 20 heavy (non-hydrogen) atoms. The van der Waals surface area contributed by atoms with Crippen LogP contribution in [0.25, 0.3) is 0 Å². The monoisotopic (exact) mass is 277 g/mol. The minimum absolute atomic E-state index is 0.0429. The van der Waals surface area contributed by atoms with Crippen LogP contribution in [-0.4, -0.2) is 40.9 Å². The van der Waals surface area contributed by atoms with Crippen molar-refractivity contribution in [3.63, 3.8) is 0 Å². The van der Waals surface area contributed by atoms with Crippen LogP contribution in [0.3, 0.4) is 0 Å². The molecule has 0 aliphatic carbocycles. The highest BCUT2D eigenvalue weighted by molar-refractivity contribution is 5.69. The average molecular weight is 277 g/mol. The lowest BCUT2D eigenvalue weighted by molar-refractivity contribution is 0.0165. The molecule has 1 N–H and O–H groups in total. The van der Waals surface area contributed by atoms with E-state index in [9.17, 15) is 9.90 Å². The van der Waals surface area contributed by atoms with Crippen LogP contribution in [0.2, 0.25) is 0 Å². The number of carbonyl (C=O) groups excluding carboxylic acids is 1. The van der Waals surface area contributed by atoms with Crippen molar-refractivity contribution in [1.29, 1.82) is 0 Å². The Morgan fingerprint density at radius 2 is 2.00 bits per heavy atom. The van der Waals surface area contributed by atoms with Gasteiger partial charge in [-0.2, -0.15) is 0 Å². The van der Waals surface area contributed by atoms with Gasteiger partial charge >= 0.3 is 6.09 Å². The molecule has 0 radical (unpaired) electrons. The fourth-order valence-electron chi connectivity index (χ4n) is 2.72. The Morgan fingerprint density at radius 1 is 1.35 bits per heavy atom. The molecule has 2 atom stereocenters. The number of hydrogen-bond donors (Lipinski definition) is 1. The maximum Gasteiger partial charge on any atom is 0.410 e. The fourth-order valence-corrected chi connectivity index (χ4v) is 2.72. The van der Waals surface area contributed by atoms with Crippen molar-refractivity contribution in [2.45, 2.75) is 44.8 Å². The topological polar surface area (TPSA) is 49.8 Å². The molecule has 0 aromatic heterocycles. The van der Waals surface area contributed by atoms with Crippen LogP contribution in [0, 0.1) is 0 Å². The summed E-state index contributed by atoms with van der Waals surface area (Å²) in [6.07, 6.45) is 0.518. The van der Waals surface area contributed by atoms with Gasteiger partial charge in [0.25, 0.3) is 0 Å². The van der Waals surface area contributed by atoms with Crippen LogP contribution in [0.5, 0.6) is 0 Å². The molecule has 1 fully saturated rings. The first-order valence-electron chi connectivity index (χ1n) is 7.08. The quantitative estimate of drug-likeness (QED) is 0.904. The number of rotatable bonds is 2. The van der Waals surface area contributed by atoms with Crippen molar-refractivity contribution < 1.29 is 14.6 Å². The van der Waals surface area contributed by atoms with E-state index in [1.54, 1.807) is 4.90 Å². The molecular formula is C16H23NO3. The van der Waals surface area contributed by atoms with E-state index in [0.717, 1.165) is 12.0 Å². The summed E-state index contributed by atoms with van der Waals surface area (Å²) in [5, 5.41) is 9.67. The number of nitrogens with zero attached hydrogens (tertiary/aromatic N) is 1. The largest absolute Gasteiger partial charge is 0.444 e. The third-order valence-electron chi connectivity index (χ3n) is 3.59. The van der Waals surface area contributed by atoms with Crippen molar-refractivity contribution in [2.75, 3.05) is 13.2 Å². The summed E-state index contributed by atoms with van der Waals surface area (Å²) >= 11 is 0. The summed E-state index contributed by atoms with van der Waals surface area (Å²) < 4.78 is 5.41. The molecule has 1 aromatic rings. The number of likely N-dealkylation sites (tertiary alicyclic amines) is 1. The minimum atomic E-state index is -0.512. The van der Waals surface area contributed by atoms with E-state index < -0.39 is 5.60 Å². The molecule has 0 unspecified atom stereocenters. The summed E-state index contributed by atoms with van der Waals surface area (Å²) in [6.45, 7) is 6.13. The molecule has 4 heteroatoms. The number of carbonyl (C=O) groups is 1. The van der Waals surface area contributed by atoms with Gasteiger partial charge in [-0.25, -0.2) is 4.79 Å². The molecule has 0 spiro atoms. The van der Waals surface area contributed by atoms with E-state index in [1.165, 1.54) is 0 Å². The normalized spacial score (nSPS) is 22.9. The Morgan fingerprint density at radius 3 is 2.55 bits per heavy atom. The fraction of sp³-hybridized carbons (Fsp3) is 0.562. The van der Waals surface area contributed by atoms with E-state index in [1.807, 2.05) is 51.1 Å². The molecule has 0 bridgehead atoms. The first-order valence-corrected chi connectivity index (χ1v) is 7.08. The second-order valence-corrected chi connectivity index (χ2v) is 6.23. The first kappa shape index (κ1) is 14.9. The van der Waals surface area contributed by atoms with E-state index in [4.69, 9.17) is 4.74 Å². The van der Waals surface area contributed by atoms with Crippen molar-refractivity contribution in [2.24, 2.45) is 0 Å². The maximum absolute atomic E-state index is 12.2. The van der Waals surface area contributed by atoms with Crippen molar-refractivity contribution in [3.05, 3.63) is 35.9 Å². The van der Waals surface area contributed by atoms with Crippen LogP contribution >= 0.6 is 0 Å². The molecule has 1 heterocycles. The maximum atomic E-state index is 12.2. The number of ether oxygens (including phenoxy) is 1. The number of aliphatic hydroxyl groups is 1. The number of amides is 1. The highest BCUT2D eigenvalue weighted by Crippen LogP contribution is 2.34. The van der Waals surface area contributed by atoms with Gasteiger partial charge in [-0.1, -0.05) is 30.3 Å². The van der Waals surface area contributed by atoms with Crippen molar-refractivity contribution >= 4 is 6.09 Å². The van der Waals surface area contributed by atoms with Gasteiger partial charge in [0.1, 0.15) is 5.60 Å². The molecular weight excluding hydrogens is 254 g/mol. The Bertz CT molecular complexity index is 453. The van der Waals surface area contributed by atoms with E-state index in [-0.39, 0.29) is 24.7 Å². The molecule has 1 aromatic carbocycles. The molecule has 4 nitrogen and oxygen atoms in total. The summed E-state index contributed by atoms with van der Waals surface area (Å²) in [6, 6.07) is 9.84. The van der Waals surface area contributed by atoms with Gasteiger partial charge in [0.05, 0.1) is 12.6 Å². The van der Waals surface area contributed by atoms with Gasteiger partial charge in [-0.3, -0.25) is 0 Å². The van der Waals surface area contributed by atoms with Gasteiger partial charge < -0.3 is 14.7 Å². The third kappa shape index (κ3) is 3.31. The smallest absolute Gasteiger partial charge is 0.410 e. The lowest BCUT2D eigenvalue weighted by Crippen LogP contribution is -2.42. The van der Waals surface area contributed by atoms with E-state index >= 15 is 0 Å². The van der Waals surface area contributed by atoms with Crippen molar-refractivity contribution in [1.82, 2.24) is 4.90 Å². The Hall–Kier alpha value is -1.55. The lowest BCUT2D eigenvalue weighted by atomic mass is 9.92. The molecule has 1 aliphatic rings. The van der Waals surface area contributed by atoms with Gasteiger partial charge in [0.2, 0.25) is 0 Å². The van der Waals surface area contributed by atoms with Crippen LogP contribution in [0.4, 0.5) is 4.79 Å². The van der Waals surface area contributed by atoms with E-state index in [0.29, 0.717) is 6.54 Å². The summed E-state index contributed by atoms with van der Waals surface area (Å²) in [4.78, 5) is 13.9. The summed E-state index contributed by atoms with van der Waals surface area (Å²) in [5.41, 5.74) is 0.652. The van der Waals surface area contributed by atoms with E-state index in [2.05, 4.69) is 0 Å². The van der Waals surface area contributed by atoms with Gasteiger partial charge in [0.15, 0.2) is 0 Å². The minimum Gasteiger partial charge on any atom is -0.444 e. The van der Waals surface area contributed by atoms with Crippen LogP contribution in [0.15, 0.2) is 30.3 Å². The summed E-state index contributed by atoms with van der Waals surface area (Å²) in [5.74, 6) is 0.175. The predicted octanol–water partition coefficient (Wildman–Crippen LogP) is 2.77. The molecule has 2 rings (SSSR count). The molecule has 110 valence electrons. The van der Waals surface area contributed by atoms with Crippen LogP contribution in [0.1, 0.15) is 38.7 Å². The van der Waals surface area contributed by atoms with Gasteiger partial charge in [-0.15, -0.1) is 0 Å². The Labute approximate surface area is 120 Å². The molecule has 0 saturated carbocycles. The molecule has 1 saturated heterocycles. The van der Waals surface area contributed by atoms with Crippen molar-refractivity contribution in [3.8, 4) is 0 Å². The zero-order valence-electron chi connectivity index (χ0n) is 12.4. The average Bonchev–Trinajstić information content (AvgIpc) is 2.81. The zero-order chi connectivity index (χ0) is 14.8. The number of aliphatic hydroxyl groups excluding tert-OH is 1. The molecule has 1 amide bonds. The van der Waals surface area contributed by atoms with Crippen LogP contribution in [-0.2, 0) is 4.74 Å².